The summed E-state index contributed by atoms with van der Waals surface area (Å²) in [7, 11) is 1.80. The molecular weight excluding hydrogens is 404 g/mol. The van der Waals surface area contributed by atoms with E-state index in [4.69, 9.17) is 17.3 Å². The Labute approximate surface area is 180 Å². The molecular formula is C21H27ClN6O2. The van der Waals surface area contributed by atoms with Gasteiger partial charge in [-0.15, -0.1) is 0 Å². The minimum atomic E-state index is -0.434. The third-order valence-electron chi connectivity index (χ3n) is 5.89. The molecule has 3 heterocycles. The standard InChI is InChI=1S/C21H27ClN6O2/c1-26-7-3-2-4-16(20(26)29)25-21(30)28-10-8-27(9-11-28)18-13-19(23)24-17-12-14(22)5-6-15(17)18/h5-6,12-13,16H,2-4,7-11H2,1H3,(H2,23,24)(H,25,30)/t16-/m0/s1. The van der Waals surface area contributed by atoms with E-state index in [1.165, 1.54) is 0 Å². The molecule has 0 saturated carbocycles. The molecule has 2 saturated heterocycles. The Bertz CT molecular complexity index is 955. The molecule has 8 nitrogen and oxygen atoms in total. The van der Waals surface area contributed by atoms with E-state index in [0.29, 0.717) is 43.4 Å². The molecule has 1 aromatic heterocycles. The van der Waals surface area contributed by atoms with Crippen LogP contribution in [-0.4, -0.2) is 72.5 Å². The van der Waals surface area contributed by atoms with E-state index in [2.05, 4.69) is 15.2 Å². The topological polar surface area (TPSA) is 94.8 Å². The molecule has 3 N–H and O–H groups in total. The molecule has 4 rings (SSSR count). The Kier molecular flexibility index (Phi) is 5.85. The average Bonchev–Trinajstić information content (AvgIpc) is 2.88. The summed E-state index contributed by atoms with van der Waals surface area (Å²) in [6.07, 6.45) is 2.61. The zero-order valence-electron chi connectivity index (χ0n) is 17.1. The highest BCUT2D eigenvalue weighted by Gasteiger charge is 2.29. The lowest BCUT2D eigenvalue weighted by atomic mass is 10.1. The highest BCUT2D eigenvalue weighted by atomic mass is 35.5. The van der Waals surface area contributed by atoms with Gasteiger partial charge in [0.25, 0.3) is 0 Å². The Morgan fingerprint density at radius 1 is 1.17 bits per heavy atom. The predicted molar refractivity (Wildman–Crippen MR) is 119 cm³/mol. The molecule has 0 spiro atoms. The van der Waals surface area contributed by atoms with Crippen LogP contribution in [0.15, 0.2) is 24.3 Å². The van der Waals surface area contributed by atoms with Crippen LogP contribution >= 0.6 is 11.6 Å². The molecule has 9 heteroatoms. The van der Waals surface area contributed by atoms with Crippen molar-refractivity contribution in [3.05, 3.63) is 29.3 Å². The number of rotatable bonds is 2. The monoisotopic (exact) mass is 430 g/mol. The van der Waals surface area contributed by atoms with Crippen LogP contribution < -0.4 is 16.0 Å². The van der Waals surface area contributed by atoms with Crippen molar-refractivity contribution in [1.29, 1.82) is 0 Å². The number of pyridine rings is 1. The molecule has 160 valence electrons. The van der Waals surface area contributed by atoms with E-state index in [0.717, 1.165) is 36.0 Å². The van der Waals surface area contributed by atoms with Gasteiger partial charge in [-0.25, -0.2) is 9.78 Å². The van der Waals surface area contributed by atoms with Gasteiger partial charge >= 0.3 is 6.03 Å². The molecule has 0 aliphatic carbocycles. The van der Waals surface area contributed by atoms with Gasteiger partial charge in [-0.3, -0.25) is 4.79 Å². The number of carbonyl (C=O) groups is 2. The Morgan fingerprint density at radius 3 is 2.70 bits per heavy atom. The minimum absolute atomic E-state index is 0.00289. The van der Waals surface area contributed by atoms with Gasteiger partial charge in [-0.1, -0.05) is 11.6 Å². The second-order valence-corrected chi connectivity index (χ2v) is 8.40. The Hall–Kier alpha value is -2.74. The van der Waals surface area contributed by atoms with Crippen molar-refractivity contribution >= 4 is 45.9 Å². The normalized spacial score (nSPS) is 20.4. The first kappa shape index (κ1) is 20.5. The SMILES string of the molecule is CN1CCCC[C@H](NC(=O)N2CCN(c3cc(N)nc4cc(Cl)ccc34)CC2)C1=O. The number of piperazine rings is 1. The lowest BCUT2D eigenvalue weighted by Gasteiger charge is -2.37. The number of nitrogen functional groups attached to an aromatic ring is 1. The first-order valence-corrected chi connectivity index (χ1v) is 10.7. The van der Waals surface area contributed by atoms with Gasteiger partial charge in [0.05, 0.1) is 5.52 Å². The molecule has 0 bridgehead atoms. The number of nitrogens with two attached hydrogens (primary N) is 1. The van der Waals surface area contributed by atoms with Crippen molar-refractivity contribution < 1.29 is 9.59 Å². The van der Waals surface area contributed by atoms with Gasteiger partial charge < -0.3 is 25.8 Å². The minimum Gasteiger partial charge on any atom is -0.384 e. The van der Waals surface area contributed by atoms with E-state index < -0.39 is 6.04 Å². The highest BCUT2D eigenvalue weighted by Crippen LogP contribution is 2.30. The maximum atomic E-state index is 12.8. The summed E-state index contributed by atoms with van der Waals surface area (Å²) >= 11 is 6.10. The summed E-state index contributed by atoms with van der Waals surface area (Å²) in [6.45, 7) is 3.23. The summed E-state index contributed by atoms with van der Waals surface area (Å²) in [5.74, 6) is 0.438. The van der Waals surface area contributed by atoms with E-state index >= 15 is 0 Å². The molecule has 1 atom stereocenters. The molecule has 0 radical (unpaired) electrons. The van der Waals surface area contributed by atoms with Gasteiger partial charge in [0.15, 0.2) is 0 Å². The van der Waals surface area contributed by atoms with Crippen LogP contribution in [0, 0.1) is 0 Å². The van der Waals surface area contributed by atoms with Gasteiger partial charge in [0, 0.05) is 61.9 Å². The number of benzene rings is 1. The fourth-order valence-electron chi connectivity index (χ4n) is 4.19. The zero-order chi connectivity index (χ0) is 21.3. The lowest BCUT2D eigenvalue weighted by Crippen LogP contribution is -2.55. The van der Waals surface area contributed by atoms with Crippen LogP contribution in [0.4, 0.5) is 16.3 Å². The molecule has 30 heavy (non-hydrogen) atoms. The van der Waals surface area contributed by atoms with Gasteiger partial charge in [0.2, 0.25) is 5.91 Å². The van der Waals surface area contributed by atoms with Crippen LogP contribution in [0.2, 0.25) is 5.02 Å². The quantitative estimate of drug-likeness (QED) is 0.762. The van der Waals surface area contributed by atoms with Crippen LogP contribution in [0.5, 0.6) is 0 Å². The third kappa shape index (κ3) is 4.23. The zero-order valence-corrected chi connectivity index (χ0v) is 17.9. The summed E-state index contributed by atoms with van der Waals surface area (Å²) in [5.41, 5.74) is 7.76. The van der Waals surface area contributed by atoms with Gasteiger partial charge in [-0.05, 0) is 37.5 Å². The van der Waals surface area contributed by atoms with E-state index in [1.807, 2.05) is 18.2 Å². The number of fused-ring (bicyclic) bond motifs is 1. The third-order valence-corrected chi connectivity index (χ3v) is 6.12. The number of likely N-dealkylation sites (N-methyl/N-ethyl adjacent to an activating group) is 1. The number of anilines is 2. The summed E-state index contributed by atoms with van der Waals surface area (Å²) in [6, 6.07) is 6.86. The lowest BCUT2D eigenvalue weighted by molar-refractivity contribution is -0.131. The number of urea groups is 1. The Balaban J connectivity index is 1.42. The average molecular weight is 431 g/mol. The number of hydrogen-bond donors (Lipinski definition) is 2. The molecule has 2 fully saturated rings. The number of carbonyl (C=O) groups excluding carboxylic acids is 2. The number of halogens is 1. The number of nitrogens with one attached hydrogen (secondary N) is 1. The summed E-state index contributed by atoms with van der Waals surface area (Å²) in [4.78, 5) is 35.3. The molecule has 2 aliphatic rings. The van der Waals surface area contributed by atoms with Crippen LogP contribution in [-0.2, 0) is 4.79 Å². The number of hydrogen-bond acceptors (Lipinski definition) is 5. The maximum absolute atomic E-state index is 12.8. The number of amides is 3. The summed E-state index contributed by atoms with van der Waals surface area (Å²) < 4.78 is 0. The van der Waals surface area contributed by atoms with Crippen LogP contribution in [0.3, 0.4) is 0 Å². The van der Waals surface area contributed by atoms with Crippen molar-refractivity contribution in [3.63, 3.8) is 0 Å². The second-order valence-electron chi connectivity index (χ2n) is 7.96. The predicted octanol–water partition coefficient (Wildman–Crippen LogP) is 2.31. The smallest absolute Gasteiger partial charge is 0.318 e. The second kappa shape index (κ2) is 8.55. The first-order valence-electron chi connectivity index (χ1n) is 10.3. The number of aromatic nitrogens is 1. The van der Waals surface area contributed by atoms with Crippen LogP contribution in [0.25, 0.3) is 10.9 Å². The highest BCUT2D eigenvalue weighted by molar-refractivity contribution is 6.31. The van der Waals surface area contributed by atoms with Crippen LogP contribution in [0.1, 0.15) is 19.3 Å². The van der Waals surface area contributed by atoms with Gasteiger partial charge in [0.1, 0.15) is 11.9 Å². The van der Waals surface area contributed by atoms with Crippen molar-refractivity contribution in [2.45, 2.75) is 25.3 Å². The fourth-order valence-corrected chi connectivity index (χ4v) is 4.35. The van der Waals surface area contributed by atoms with Crippen molar-refractivity contribution in [2.24, 2.45) is 0 Å². The van der Waals surface area contributed by atoms with Crippen molar-refractivity contribution in [1.82, 2.24) is 20.1 Å². The Morgan fingerprint density at radius 2 is 1.93 bits per heavy atom. The first-order chi connectivity index (χ1) is 14.4. The van der Waals surface area contributed by atoms with Crippen molar-refractivity contribution in [3.8, 4) is 0 Å². The van der Waals surface area contributed by atoms with Crippen molar-refractivity contribution in [2.75, 3.05) is 50.4 Å². The molecule has 2 aromatic rings. The fraction of sp³-hybridized carbons (Fsp3) is 0.476. The maximum Gasteiger partial charge on any atom is 0.318 e. The largest absolute Gasteiger partial charge is 0.384 e. The molecule has 2 aliphatic heterocycles. The molecule has 1 aromatic carbocycles. The van der Waals surface area contributed by atoms with Gasteiger partial charge in [-0.2, -0.15) is 0 Å². The van der Waals surface area contributed by atoms with E-state index in [9.17, 15) is 9.59 Å². The molecule has 3 amide bonds. The van der Waals surface area contributed by atoms with E-state index in [-0.39, 0.29) is 11.9 Å². The number of nitrogens with zero attached hydrogens (tertiary/aromatic N) is 4. The van der Waals surface area contributed by atoms with E-state index in [1.54, 1.807) is 22.9 Å². The molecule has 0 unspecified atom stereocenters. The summed E-state index contributed by atoms with van der Waals surface area (Å²) in [5, 5.41) is 4.54. The number of likely N-dealkylation sites (tertiary alicyclic amines) is 1.